The van der Waals surface area contributed by atoms with Crippen molar-refractivity contribution in [1.29, 1.82) is 0 Å². The van der Waals surface area contributed by atoms with Crippen molar-refractivity contribution in [3.63, 3.8) is 0 Å². The van der Waals surface area contributed by atoms with E-state index in [0.717, 1.165) is 21.7 Å². The summed E-state index contributed by atoms with van der Waals surface area (Å²) >= 11 is 0. The number of carbonyl (C=O) groups excluding carboxylic acids is 3. The van der Waals surface area contributed by atoms with Crippen molar-refractivity contribution in [2.45, 2.75) is 52.4 Å². The highest BCUT2D eigenvalue weighted by Gasteiger charge is 2.65. The molecule has 4 atom stereocenters. The highest BCUT2D eigenvalue weighted by Crippen LogP contribution is 2.49. The number of barbiturate groups is 1. The zero-order valence-electron chi connectivity index (χ0n) is 19.9. The van der Waals surface area contributed by atoms with Crippen LogP contribution in [0.3, 0.4) is 0 Å². The molecule has 0 aromatic heterocycles. The number of hydrogen-bond acceptors (Lipinski definition) is 7. The first-order valence-corrected chi connectivity index (χ1v) is 11.5. The Hall–Kier alpha value is -3.79. The van der Waals surface area contributed by atoms with Gasteiger partial charge in [-0.25, -0.2) is 9.69 Å². The molecule has 3 heterocycles. The number of non-ortho nitro benzene ring substituents is 1. The van der Waals surface area contributed by atoms with Crippen molar-refractivity contribution >= 4 is 34.9 Å². The number of aryl methyl sites for hydroxylation is 2. The van der Waals surface area contributed by atoms with E-state index in [1.807, 2.05) is 38.7 Å². The molecule has 4 amide bonds. The molecule has 0 bridgehead atoms. The average molecular weight is 479 g/mol. The predicted octanol–water partition coefficient (Wildman–Crippen LogP) is 3.02. The Morgan fingerprint density at radius 1 is 1.09 bits per heavy atom. The lowest BCUT2D eigenvalue weighted by atomic mass is 9.66. The van der Waals surface area contributed by atoms with E-state index in [0.29, 0.717) is 17.8 Å². The van der Waals surface area contributed by atoms with E-state index in [1.165, 1.54) is 12.1 Å². The number of nitro benzene ring substituents is 1. The number of anilines is 2. The van der Waals surface area contributed by atoms with Crippen LogP contribution in [0.15, 0.2) is 36.4 Å². The lowest BCUT2D eigenvalue weighted by Gasteiger charge is -2.56. The number of benzene rings is 2. The Morgan fingerprint density at radius 3 is 2.43 bits per heavy atom. The van der Waals surface area contributed by atoms with Crippen LogP contribution in [0, 0.1) is 29.4 Å². The standard InChI is InChI=1S/C25H26N4O6/c1-13-7-14(2)9-19(8-13)28-23(31)25(22(30)26-24(28)32)11-17-10-18(29(33)34)5-6-20(17)27-12-15(3)35-16(4)21(25)27/h5-10,15-16,21H,11-12H2,1-4H3,(H,26,30,32)/t15-,16+,21-,25+/m1/s1. The lowest BCUT2D eigenvalue weighted by molar-refractivity contribution is -0.384. The smallest absolute Gasteiger partial charge is 0.335 e. The number of ether oxygens (including phenoxy) is 1. The van der Waals surface area contributed by atoms with Gasteiger partial charge in [0.05, 0.1) is 28.9 Å². The Bertz CT molecular complexity index is 1270. The molecule has 2 saturated heterocycles. The molecule has 0 radical (unpaired) electrons. The number of morpholine rings is 1. The SMILES string of the molecule is Cc1cc(C)cc(N2C(=O)NC(=O)[C@@]3(Cc4cc([N+](=O)[O-])ccc4N4C[C@@H](C)O[C@@H](C)[C@@H]43)C2=O)c1. The molecule has 2 aromatic carbocycles. The fraction of sp³-hybridized carbons (Fsp3) is 0.400. The first kappa shape index (κ1) is 23.0. The van der Waals surface area contributed by atoms with Crippen molar-refractivity contribution in [2.75, 3.05) is 16.3 Å². The molecule has 1 N–H and O–H groups in total. The number of amides is 4. The third-order valence-corrected chi connectivity index (χ3v) is 7.12. The minimum Gasteiger partial charge on any atom is -0.372 e. The minimum atomic E-state index is -1.71. The second-order valence-electron chi connectivity index (χ2n) is 9.71. The van der Waals surface area contributed by atoms with Crippen molar-refractivity contribution in [3.05, 3.63) is 63.2 Å². The normalized spacial score (nSPS) is 28.0. The number of nitrogens with zero attached hydrogens (tertiary/aromatic N) is 3. The number of nitrogens with one attached hydrogen (secondary N) is 1. The van der Waals surface area contributed by atoms with Gasteiger partial charge in [0.25, 0.3) is 11.6 Å². The van der Waals surface area contributed by atoms with Crippen LogP contribution in [-0.4, -0.2) is 47.6 Å². The van der Waals surface area contributed by atoms with Crippen molar-refractivity contribution in [1.82, 2.24) is 5.32 Å². The molecule has 10 nitrogen and oxygen atoms in total. The van der Waals surface area contributed by atoms with E-state index in [-0.39, 0.29) is 18.2 Å². The van der Waals surface area contributed by atoms with Crippen LogP contribution < -0.4 is 15.1 Å². The van der Waals surface area contributed by atoms with Gasteiger partial charge in [-0.2, -0.15) is 0 Å². The molecule has 5 rings (SSSR count). The topological polar surface area (TPSA) is 122 Å². The molecular weight excluding hydrogens is 452 g/mol. The minimum absolute atomic E-state index is 0.0908. The maximum atomic E-state index is 14.3. The van der Waals surface area contributed by atoms with Gasteiger partial charge in [0, 0.05) is 30.8 Å². The summed E-state index contributed by atoms with van der Waals surface area (Å²) in [4.78, 5) is 54.8. The van der Waals surface area contributed by atoms with Gasteiger partial charge in [-0.3, -0.25) is 25.0 Å². The second kappa shape index (κ2) is 7.88. The largest absolute Gasteiger partial charge is 0.372 e. The molecule has 0 saturated carbocycles. The summed E-state index contributed by atoms with van der Waals surface area (Å²) in [5.41, 5.74) is 1.48. The molecule has 2 fully saturated rings. The molecule has 35 heavy (non-hydrogen) atoms. The van der Waals surface area contributed by atoms with Gasteiger partial charge in [0.2, 0.25) is 5.91 Å². The Balaban J connectivity index is 1.71. The van der Waals surface area contributed by atoms with Gasteiger partial charge in [-0.15, -0.1) is 0 Å². The first-order valence-electron chi connectivity index (χ1n) is 11.5. The fourth-order valence-electron chi connectivity index (χ4n) is 5.94. The molecule has 0 unspecified atom stereocenters. The Labute approximate surface area is 202 Å². The fourth-order valence-corrected chi connectivity index (χ4v) is 5.94. The van der Waals surface area contributed by atoms with Crippen molar-refractivity contribution < 1.29 is 24.0 Å². The highest BCUT2D eigenvalue weighted by molar-refractivity contribution is 6.30. The van der Waals surface area contributed by atoms with Gasteiger partial charge in [-0.1, -0.05) is 6.07 Å². The van der Waals surface area contributed by atoms with E-state index >= 15 is 0 Å². The summed E-state index contributed by atoms with van der Waals surface area (Å²) in [6, 6.07) is 8.34. The van der Waals surface area contributed by atoms with E-state index in [9.17, 15) is 24.5 Å². The molecule has 3 aliphatic rings. The maximum Gasteiger partial charge on any atom is 0.335 e. The molecule has 2 aromatic rings. The number of carbonyl (C=O) groups is 3. The lowest BCUT2D eigenvalue weighted by Crippen LogP contribution is -2.76. The van der Waals surface area contributed by atoms with Crippen molar-refractivity contribution in [2.24, 2.45) is 5.41 Å². The zero-order valence-corrected chi connectivity index (χ0v) is 19.9. The van der Waals surface area contributed by atoms with Crippen LogP contribution in [0.4, 0.5) is 21.9 Å². The van der Waals surface area contributed by atoms with Crippen molar-refractivity contribution in [3.8, 4) is 0 Å². The van der Waals surface area contributed by atoms with Crippen LogP contribution in [0.1, 0.15) is 30.5 Å². The first-order chi connectivity index (χ1) is 16.5. The van der Waals surface area contributed by atoms with E-state index in [1.54, 1.807) is 18.2 Å². The number of nitro groups is 1. The van der Waals surface area contributed by atoms with Crippen LogP contribution in [0.25, 0.3) is 0 Å². The van der Waals surface area contributed by atoms with Gasteiger partial charge in [-0.05, 0) is 62.6 Å². The summed E-state index contributed by atoms with van der Waals surface area (Å²) in [6.07, 6.45) is -0.809. The zero-order chi connectivity index (χ0) is 25.2. The highest BCUT2D eigenvalue weighted by atomic mass is 16.6. The summed E-state index contributed by atoms with van der Waals surface area (Å²) < 4.78 is 6.08. The molecule has 182 valence electrons. The Morgan fingerprint density at radius 2 is 1.77 bits per heavy atom. The summed E-state index contributed by atoms with van der Waals surface area (Å²) in [7, 11) is 0. The van der Waals surface area contributed by atoms with Crippen LogP contribution >= 0.6 is 0 Å². The average Bonchev–Trinajstić information content (AvgIpc) is 2.76. The summed E-state index contributed by atoms with van der Waals surface area (Å²) in [6.45, 7) is 7.82. The van der Waals surface area contributed by atoms with Gasteiger partial charge >= 0.3 is 6.03 Å². The molecule has 0 aliphatic carbocycles. The monoisotopic (exact) mass is 478 g/mol. The number of urea groups is 1. The summed E-state index contributed by atoms with van der Waals surface area (Å²) in [5, 5.41) is 13.9. The second-order valence-corrected chi connectivity index (χ2v) is 9.71. The van der Waals surface area contributed by atoms with Gasteiger partial charge < -0.3 is 9.64 Å². The molecule has 10 heteroatoms. The third-order valence-electron chi connectivity index (χ3n) is 7.12. The molecular formula is C25H26N4O6. The quantitative estimate of drug-likeness (QED) is 0.400. The Kier molecular flexibility index (Phi) is 5.17. The van der Waals surface area contributed by atoms with Gasteiger partial charge in [0.15, 0.2) is 5.41 Å². The summed E-state index contributed by atoms with van der Waals surface area (Å²) in [5.74, 6) is -1.38. The number of fused-ring (bicyclic) bond motifs is 4. The molecule has 3 aliphatic heterocycles. The van der Waals surface area contributed by atoms with Crippen LogP contribution in [0.5, 0.6) is 0 Å². The van der Waals surface area contributed by atoms with Crippen LogP contribution in [-0.2, 0) is 20.7 Å². The predicted molar refractivity (Wildman–Crippen MR) is 127 cm³/mol. The van der Waals surface area contributed by atoms with Crippen LogP contribution in [0.2, 0.25) is 0 Å². The number of imide groups is 2. The number of hydrogen-bond donors (Lipinski definition) is 1. The van der Waals surface area contributed by atoms with E-state index in [2.05, 4.69) is 5.32 Å². The maximum absolute atomic E-state index is 14.3. The third kappa shape index (κ3) is 3.39. The molecule has 1 spiro atoms. The van der Waals surface area contributed by atoms with E-state index < -0.39 is 40.3 Å². The number of rotatable bonds is 2. The van der Waals surface area contributed by atoms with E-state index in [4.69, 9.17) is 4.74 Å². The van der Waals surface area contributed by atoms with Gasteiger partial charge in [0.1, 0.15) is 0 Å².